The molecule has 0 saturated carbocycles. The maximum absolute atomic E-state index is 12.1. The van der Waals surface area contributed by atoms with Gasteiger partial charge in [0.25, 0.3) is 10.9 Å². The summed E-state index contributed by atoms with van der Waals surface area (Å²) in [5.41, 5.74) is 9.19. The summed E-state index contributed by atoms with van der Waals surface area (Å²) in [5.74, 6) is -1.68. The number of likely N-dealkylation sites (N-methyl/N-ethyl adjacent to an activating group) is 1. The van der Waals surface area contributed by atoms with E-state index in [2.05, 4.69) is 0 Å². The highest BCUT2D eigenvalue weighted by Gasteiger charge is 2.51. The Hall–Kier alpha value is -1.95. The first-order chi connectivity index (χ1) is 12.1. The van der Waals surface area contributed by atoms with E-state index in [4.69, 9.17) is 21.5 Å². The SMILES string of the molecule is CN(CCN)c1c(N2C[C@H](CCCB(O)O)[C@](N)(C(=O)O)C2)c(=O)c1=O. The lowest BCUT2D eigenvalue weighted by atomic mass is 9.78. The van der Waals surface area contributed by atoms with E-state index in [1.807, 2.05) is 0 Å². The summed E-state index contributed by atoms with van der Waals surface area (Å²) < 4.78 is 0. The molecule has 1 saturated heterocycles. The molecule has 10 nitrogen and oxygen atoms in total. The third-order valence-corrected chi connectivity index (χ3v) is 5.06. The van der Waals surface area contributed by atoms with Crippen LogP contribution in [0.2, 0.25) is 6.32 Å². The largest absolute Gasteiger partial charge is 0.480 e. The van der Waals surface area contributed by atoms with Crippen molar-refractivity contribution in [3.8, 4) is 0 Å². The van der Waals surface area contributed by atoms with E-state index in [1.54, 1.807) is 16.8 Å². The van der Waals surface area contributed by atoms with Gasteiger partial charge in [-0.1, -0.05) is 6.42 Å². The number of carboxylic acids is 1. The van der Waals surface area contributed by atoms with Crippen molar-refractivity contribution in [2.24, 2.45) is 17.4 Å². The lowest BCUT2D eigenvalue weighted by Crippen LogP contribution is -2.55. The molecule has 11 heteroatoms. The summed E-state index contributed by atoms with van der Waals surface area (Å²) in [5, 5.41) is 27.5. The second kappa shape index (κ2) is 7.74. The van der Waals surface area contributed by atoms with Crippen molar-refractivity contribution in [1.82, 2.24) is 0 Å². The quantitative estimate of drug-likeness (QED) is 0.226. The molecule has 1 aliphatic heterocycles. The summed E-state index contributed by atoms with van der Waals surface area (Å²) in [6.45, 7) is 0.800. The molecule has 1 fully saturated rings. The monoisotopic (exact) mass is 368 g/mol. The summed E-state index contributed by atoms with van der Waals surface area (Å²) >= 11 is 0. The van der Waals surface area contributed by atoms with Gasteiger partial charge in [-0.15, -0.1) is 0 Å². The smallest absolute Gasteiger partial charge is 0.451 e. The predicted molar refractivity (Wildman–Crippen MR) is 98.2 cm³/mol. The number of nitrogens with zero attached hydrogens (tertiary/aromatic N) is 2. The fraction of sp³-hybridized carbons (Fsp3) is 0.667. The van der Waals surface area contributed by atoms with Gasteiger partial charge < -0.3 is 36.4 Å². The number of carbonyl (C=O) groups is 1. The molecule has 7 N–H and O–H groups in total. The highest BCUT2D eigenvalue weighted by molar-refractivity contribution is 6.40. The topological polar surface area (TPSA) is 170 Å². The molecule has 1 aromatic rings. The second-order valence-electron chi connectivity index (χ2n) is 6.90. The molecule has 0 radical (unpaired) electrons. The van der Waals surface area contributed by atoms with Crippen molar-refractivity contribution in [1.29, 1.82) is 0 Å². The van der Waals surface area contributed by atoms with E-state index in [1.165, 1.54) is 0 Å². The van der Waals surface area contributed by atoms with Gasteiger partial charge in [-0.05, 0) is 12.7 Å². The van der Waals surface area contributed by atoms with E-state index in [-0.39, 0.29) is 30.8 Å². The van der Waals surface area contributed by atoms with Crippen LogP contribution in [0.15, 0.2) is 9.59 Å². The molecule has 1 aromatic carbocycles. The summed E-state index contributed by atoms with van der Waals surface area (Å²) in [7, 11) is 0.185. The Morgan fingerprint density at radius 3 is 2.58 bits per heavy atom. The van der Waals surface area contributed by atoms with Gasteiger partial charge >= 0.3 is 13.1 Å². The third kappa shape index (κ3) is 3.61. The van der Waals surface area contributed by atoms with Gasteiger partial charge in [0, 0.05) is 39.1 Å². The first kappa shape index (κ1) is 20.4. The average molecular weight is 368 g/mol. The first-order valence-corrected chi connectivity index (χ1v) is 8.51. The number of aliphatic carboxylic acids is 1. The molecule has 26 heavy (non-hydrogen) atoms. The molecule has 0 aliphatic carbocycles. The predicted octanol–water partition coefficient (Wildman–Crippen LogP) is -2.85. The standard InChI is InChI=1S/C15H25BN4O6/c1-19(6-5-17)10-11(13(22)12(10)21)20-7-9(3-2-4-16(25)26)15(18,8-20)14(23)24/h9,25-26H,2-8,17-18H2,1H3,(H,23,24)/t9-,15-/m0/s1. The van der Waals surface area contributed by atoms with Crippen LogP contribution in [0.3, 0.4) is 0 Å². The molecule has 1 aliphatic rings. The van der Waals surface area contributed by atoms with Gasteiger partial charge in [0.2, 0.25) is 0 Å². The van der Waals surface area contributed by atoms with Crippen LogP contribution < -0.4 is 32.1 Å². The number of carboxylic acid groups (broad SMARTS) is 1. The van der Waals surface area contributed by atoms with Gasteiger partial charge in [-0.2, -0.15) is 0 Å². The molecular weight excluding hydrogens is 343 g/mol. The van der Waals surface area contributed by atoms with Gasteiger partial charge in [0.15, 0.2) is 0 Å². The highest BCUT2D eigenvalue weighted by atomic mass is 16.4. The van der Waals surface area contributed by atoms with Crippen LogP contribution in [0.4, 0.5) is 11.4 Å². The summed E-state index contributed by atoms with van der Waals surface area (Å²) in [6, 6.07) is 0. The fourth-order valence-electron chi connectivity index (χ4n) is 3.57. The van der Waals surface area contributed by atoms with Gasteiger partial charge in [0.05, 0.1) is 0 Å². The van der Waals surface area contributed by atoms with Crippen molar-refractivity contribution < 1.29 is 19.9 Å². The van der Waals surface area contributed by atoms with Crippen LogP contribution >= 0.6 is 0 Å². The van der Waals surface area contributed by atoms with E-state index >= 15 is 0 Å². The Kier molecular flexibility index (Phi) is 6.07. The Balaban J connectivity index is 2.25. The molecule has 0 bridgehead atoms. The van der Waals surface area contributed by atoms with Crippen LogP contribution in [0.1, 0.15) is 12.8 Å². The lowest BCUT2D eigenvalue weighted by molar-refractivity contribution is -0.144. The number of hydrogen-bond acceptors (Lipinski definition) is 9. The van der Waals surface area contributed by atoms with Crippen molar-refractivity contribution in [3.05, 3.63) is 20.4 Å². The van der Waals surface area contributed by atoms with E-state index in [9.17, 15) is 19.5 Å². The molecular formula is C15H25BN4O6. The molecule has 144 valence electrons. The summed E-state index contributed by atoms with van der Waals surface area (Å²) in [6.07, 6.45) is 0.853. The van der Waals surface area contributed by atoms with Crippen LogP contribution in [-0.2, 0) is 4.79 Å². The van der Waals surface area contributed by atoms with E-state index in [0.29, 0.717) is 25.9 Å². The van der Waals surface area contributed by atoms with Crippen molar-refractivity contribution in [3.63, 3.8) is 0 Å². The zero-order chi connectivity index (χ0) is 19.6. The normalized spacial score (nSPS) is 22.8. The van der Waals surface area contributed by atoms with Crippen LogP contribution in [-0.4, -0.2) is 67.0 Å². The third-order valence-electron chi connectivity index (χ3n) is 5.06. The minimum Gasteiger partial charge on any atom is -0.480 e. The van der Waals surface area contributed by atoms with Crippen molar-refractivity contribution >= 4 is 24.5 Å². The number of hydrogen-bond donors (Lipinski definition) is 5. The number of rotatable bonds is 9. The van der Waals surface area contributed by atoms with E-state index < -0.39 is 35.4 Å². The Morgan fingerprint density at radius 2 is 2.04 bits per heavy atom. The number of anilines is 2. The first-order valence-electron chi connectivity index (χ1n) is 8.51. The van der Waals surface area contributed by atoms with Crippen LogP contribution in [0.25, 0.3) is 0 Å². The zero-order valence-electron chi connectivity index (χ0n) is 14.7. The Labute approximate surface area is 150 Å². The Bertz CT molecular complexity index is 734. The lowest BCUT2D eigenvalue weighted by Gasteiger charge is -2.28. The maximum atomic E-state index is 12.1. The van der Waals surface area contributed by atoms with Gasteiger partial charge in [0.1, 0.15) is 16.9 Å². The second-order valence-corrected chi connectivity index (χ2v) is 6.90. The van der Waals surface area contributed by atoms with Gasteiger partial charge in [-0.3, -0.25) is 14.4 Å². The van der Waals surface area contributed by atoms with E-state index in [0.717, 1.165) is 0 Å². The molecule has 2 atom stereocenters. The molecule has 2 rings (SSSR count). The Morgan fingerprint density at radius 1 is 1.38 bits per heavy atom. The van der Waals surface area contributed by atoms with Crippen LogP contribution in [0, 0.1) is 5.92 Å². The average Bonchev–Trinajstić information content (AvgIpc) is 2.89. The molecule has 0 spiro atoms. The molecule has 1 heterocycles. The molecule has 0 amide bonds. The maximum Gasteiger partial charge on any atom is 0.451 e. The molecule has 0 aromatic heterocycles. The minimum absolute atomic E-state index is 0.0942. The van der Waals surface area contributed by atoms with Crippen molar-refractivity contribution in [2.75, 3.05) is 43.0 Å². The molecule has 0 unspecified atom stereocenters. The van der Waals surface area contributed by atoms with Gasteiger partial charge in [-0.25, -0.2) is 0 Å². The zero-order valence-corrected chi connectivity index (χ0v) is 14.7. The highest BCUT2D eigenvalue weighted by Crippen LogP contribution is 2.35. The van der Waals surface area contributed by atoms with Crippen molar-refractivity contribution in [2.45, 2.75) is 24.7 Å². The van der Waals surface area contributed by atoms with Crippen LogP contribution in [0.5, 0.6) is 0 Å². The minimum atomic E-state index is -1.58. The fourth-order valence-corrected chi connectivity index (χ4v) is 3.57. The number of nitrogens with two attached hydrogens (primary N) is 2. The summed E-state index contributed by atoms with van der Waals surface area (Å²) in [4.78, 5) is 38.9.